The number of rotatable bonds is 9. The summed E-state index contributed by atoms with van der Waals surface area (Å²) in [6.07, 6.45) is 12.5. The van der Waals surface area contributed by atoms with Crippen LogP contribution < -0.4 is 0 Å². The molecule has 0 aromatic heterocycles. The summed E-state index contributed by atoms with van der Waals surface area (Å²) in [5.74, 6) is 1.57. The summed E-state index contributed by atoms with van der Waals surface area (Å²) in [6, 6.07) is 9.20. The number of hydrogen-bond donors (Lipinski definition) is 0. The fourth-order valence-electron chi connectivity index (χ4n) is 4.78. The van der Waals surface area contributed by atoms with Crippen LogP contribution in [-0.2, 0) is 0 Å². The number of hydrogen-bond acceptors (Lipinski definition) is 0. The highest BCUT2D eigenvalue weighted by Crippen LogP contribution is 2.39. The van der Waals surface area contributed by atoms with Crippen LogP contribution in [0, 0.1) is 5.92 Å². The fraction of sp³-hybridized carbons (Fsp3) is 0.438. The van der Waals surface area contributed by atoms with Crippen LogP contribution in [0.5, 0.6) is 0 Å². The Morgan fingerprint density at radius 3 is 2.16 bits per heavy atom. The first kappa shape index (κ1) is 25.9. The van der Waals surface area contributed by atoms with Crippen LogP contribution in [0.15, 0.2) is 89.1 Å². The Bertz CT molecular complexity index is 936. The van der Waals surface area contributed by atoms with E-state index in [9.17, 15) is 0 Å². The highest BCUT2D eigenvalue weighted by atomic mass is 14.3. The molecule has 0 spiro atoms. The number of benzene rings is 1. The lowest BCUT2D eigenvalue weighted by atomic mass is 9.84. The monoisotopic (exact) mass is 428 g/mol. The van der Waals surface area contributed by atoms with Crippen molar-refractivity contribution in [2.45, 2.75) is 86.5 Å². The summed E-state index contributed by atoms with van der Waals surface area (Å²) in [4.78, 5) is 0. The van der Waals surface area contributed by atoms with Gasteiger partial charge in [0.15, 0.2) is 0 Å². The van der Waals surface area contributed by atoms with Crippen molar-refractivity contribution in [3.05, 3.63) is 100 Å². The maximum Gasteiger partial charge on any atom is -0.0105 e. The first-order chi connectivity index (χ1) is 15.2. The zero-order valence-electron chi connectivity index (χ0n) is 21.6. The Balaban J connectivity index is 2.44. The summed E-state index contributed by atoms with van der Waals surface area (Å²) in [6.45, 7) is 24.5. The summed E-state index contributed by atoms with van der Waals surface area (Å²) >= 11 is 0. The van der Waals surface area contributed by atoms with Crippen molar-refractivity contribution in [1.29, 1.82) is 0 Å². The third-order valence-electron chi connectivity index (χ3n) is 6.88. The summed E-state index contributed by atoms with van der Waals surface area (Å²) in [5.41, 5.74) is 11.4. The second kappa shape index (κ2) is 12.0. The third kappa shape index (κ3) is 6.83. The van der Waals surface area contributed by atoms with Gasteiger partial charge in [-0.15, -0.1) is 0 Å². The molecule has 172 valence electrons. The van der Waals surface area contributed by atoms with E-state index < -0.39 is 0 Å². The Morgan fingerprint density at radius 2 is 1.66 bits per heavy atom. The van der Waals surface area contributed by atoms with Crippen LogP contribution in [0.3, 0.4) is 0 Å². The van der Waals surface area contributed by atoms with Crippen molar-refractivity contribution < 1.29 is 0 Å². The van der Waals surface area contributed by atoms with E-state index in [1.165, 1.54) is 58.3 Å². The van der Waals surface area contributed by atoms with Gasteiger partial charge in [-0.3, -0.25) is 0 Å². The molecule has 0 aliphatic heterocycles. The summed E-state index contributed by atoms with van der Waals surface area (Å²) in [7, 11) is 0. The van der Waals surface area contributed by atoms with E-state index in [0.29, 0.717) is 0 Å². The van der Waals surface area contributed by atoms with E-state index >= 15 is 0 Å². The molecule has 0 N–H and O–H groups in total. The lowest BCUT2D eigenvalue weighted by Gasteiger charge is -2.21. The van der Waals surface area contributed by atoms with Crippen LogP contribution in [0.1, 0.15) is 97.6 Å². The average molecular weight is 429 g/mol. The molecule has 2 unspecified atom stereocenters. The van der Waals surface area contributed by atoms with E-state index in [1.807, 2.05) is 0 Å². The van der Waals surface area contributed by atoms with Gasteiger partial charge in [0, 0.05) is 0 Å². The lowest BCUT2D eigenvalue weighted by molar-refractivity contribution is 0.596. The highest BCUT2D eigenvalue weighted by Gasteiger charge is 2.23. The van der Waals surface area contributed by atoms with E-state index in [-0.39, 0.29) is 0 Å². The van der Waals surface area contributed by atoms with E-state index in [4.69, 9.17) is 0 Å². The van der Waals surface area contributed by atoms with Gasteiger partial charge in [0.1, 0.15) is 0 Å². The Labute approximate surface area is 198 Å². The molecule has 0 radical (unpaired) electrons. The minimum atomic E-state index is 0.718. The molecule has 1 saturated carbocycles. The molecule has 0 saturated heterocycles. The van der Waals surface area contributed by atoms with Crippen molar-refractivity contribution in [1.82, 2.24) is 0 Å². The SMILES string of the molecule is C=C(C(=CC=C(C)C)CC)C(C(=C)c1ccc(C2CCC(C)C2)cc1)=C(C)CC(C)=CC. The Hall–Kier alpha value is -2.34. The zero-order valence-corrected chi connectivity index (χ0v) is 21.6. The normalized spacial score (nSPS) is 20.1. The molecule has 2 atom stereocenters. The van der Waals surface area contributed by atoms with Gasteiger partial charge < -0.3 is 0 Å². The molecule has 0 heterocycles. The molecule has 0 bridgehead atoms. The van der Waals surface area contributed by atoms with Crippen LogP contribution in [-0.4, -0.2) is 0 Å². The Morgan fingerprint density at radius 1 is 1.00 bits per heavy atom. The second-order valence-electron chi connectivity index (χ2n) is 9.95. The van der Waals surface area contributed by atoms with Gasteiger partial charge in [-0.25, -0.2) is 0 Å². The van der Waals surface area contributed by atoms with Gasteiger partial charge in [0.05, 0.1) is 0 Å². The molecule has 1 fully saturated rings. The average Bonchev–Trinajstić information content (AvgIpc) is 3.20. The molecule has 32 heavy (non-hydrogen) atoms. The lowest BCUT2D eigenvalue weighted by Crippen LogP contribution is -2.01. The van der Waals surface area contributed by atoms with E-state index in [0.717, 1.165) is 35.8 Å². The molecule has 1 aliphatic rings. The predicted molar refractivity (Wildman–Crippen MR) is 145 cm³/mol. The predicted octanol–water partition coefficient (Wildman–Crippen LogP) is 10.1. The van der Waals surface area contributed by atoms with Crippen molar-refractivity contribution in [2.24, 2.45) is 5.92 Å². The Kier molecular flexibility index (Phi) is 9.76. The smallest absolute Gasteiger partial charge is 0.0105 e. The molecule has 0 heteroatoms. The zero-order chi connectivity index (χ0) is 23.8. The van der Waals surface area contributed by atoms with Gasteiger partial charge in [0.2, 0.25) is 0 Å². The minimum Gasteiger partial charge on any atom is -0.0909 e. The summed E-state index contributed by atoms with van der Waals surface area (Å²) in [5, 5.41) is 0. The van der Waals surface area contributed by atoms with E-state index in [2.05, 4.69) is 104 Å². The third-order valence-corrected chi connectivity index (χ3v) is 6.88. The molecule has 2 rings (SSSR count). The quantitative estimate of drug-likeness (QED) is 0.271. The standard InChI is InChI=1S/C32H44/c1-10-23(5)20-25(7)32(26(8)28(11-2)14-12-22(3)4)27(9)29-16-18-30(19-17-29)31-15-13-24(6)21-31/h10,12,14,16-19,24,31H,8-9,11,13,15,20-21H2,1-7H3. The topological polar surface area (TPSA) is 0 Å². The van der Waals surface area contributed by atoms with Gasteiger partial charge in [-0.05, 0) is 106 Å². The van der Waals surface area contributed by atoms with Gasteiger partial charge in [0.25, 0.3) is 0 Å². The maximum atomic E-state index is 4.57. The van der Waals surface area contributed by atoms with Crippen LogP contribution in [0.25, 0.3) is 5.57 Å². The minimum absolute atomic E-state index is 0.718. The van der Waals surface area contributed by atoms with Gasteiger partial charge in [-0.2, -0.15) is 0 Å². The molecule has 0 nitrogen and oxygen atoms in total. The van der Waals surface area contributed by atoms with Crippen molar-refractivity contribution in [3.63, 3.8) is 0 Å². The highest BCUT2D eigenvalue weighted by molar-refractivity contribution is 5.85. The largest absolute Gasteiger partial charge is 0.0909 e. The van der Waals surface area contributed by atoms with Gasteiger partial charge >= 0.3 is 0 Å². The first-order valence-corrected chi connectivity index (χ1v) is 12.3. The maximum absolute atomic E-state index is 4.57. The van der Waals surface area contributed by atoms with Gasteiger partial charge in [-0.1, -0.05) is 92.6 Å². The summed E-state index contributed by atoms with van der Waals surface area (Å²) < 4.78 is 0. The second-order valence-corrected chi connectivity index (χ2v) is 9.95. The molecule has 1 aliphatic carbocycles. The number of allylic oxidation sites excluding steroid dienone is 10. The van der Waals surface area contributed by atoms with Crippen molar-refractivity contribution >= 4 is 5.57 Å². The van der Waals surface area contributed by atoms with E-state index in [1.54, 1.807) is 0 Å². The molecule has 1 aromatic rings. The fourth-order valence-corrected chi connectivity index (χ4v) is 4.78. The first-order valence-electron chi connectivity index (χ1n) is 12.3. The van der Waals surface area contributed by atoms with Crippen molar-refractivity contribution in [3.8, 4) is 0 Å². The molecule has 1 aromatic carbocycles. The molecular formula is C32H44. The van der Waals surface area contributed by atoms with Crippen LogP contribution in [0.2, 0.25) is 0 Å². The van der Waals surface area contributed by atoms with Crippen LogP contribution >= 0.6 is 0 Å². The molecule has 0 amide bonds. The van der Waals surface area contributed by atoms with Crippen LogP contribution in [0.4, 0.5) is 0 Å². The van der Waals surface area contributed by atoms with Crippen molar-refractivity contribution in [2.75, 3.05) is 0 Å². The molecular weight excluding hydrogens is 384 g/mol.